The Balaban J connectivity index is 0.00000361. The second-order valence-corrected chi connectivity index (χ2v) is 4.54. The zero-order chi connectivity index (χ0) is 13.9. The molecule has 2 N–H and O–H groups in total. The van der Waals surface area contributed by atoms with Crippen molar-refractivity contribution in [2.24, 2.45) is 4.99 Å². The van der Waals surface area contributed by atoms with Crippen molar-refractivity contribution >= 4 is 45.9 Å². The molecule has 4 nitrogen and oxygen atoms in total. The molecule has 0 aliphatic rings. The van der Waals surface area contributed by atoms with Crippen molar-refractivity contribution in [1.29, 1.82) is 0 Å². The van der Waals surface area contributed by atoms with Gasteiger partial charge in [-0.05, 0) is 25.1 Å². The summed E-state index contributed by atoms with van der Waals surface area (Å²) in [5.41, 5.74) is 0. The molecule has 0 aromatic heterocycles. The Hall–Kier alpha value is -0.940. The molecule has 1 rings (SSSR count). The summed E-state index contributed by atoms with van der Waals surface area (Å²) in [7, 11) is 0. The number of rotatable bonds is 6. The van der Waals surface area contributed by atoms with E-state index in [0.717, 1.165) is 16.8 Å². The molecule has 110 valence electrons. The highest BCUT2D eigenvalue weighted by Gasteiger charge is 1.96. The van der Waals surface area contributed by atoms with E-state index in [1.54, 1.807) is 0 Å². The minimum atomic E-state index is 0. The van der Waals surface area contributed by atoms with E-state index >= 15 is 0 Å². The molecule has 0 bridgehead atoms. The molecule has 0 radical (unpaired) electrons. The molecule has 0 aliphatic carbocycles. The van der Waals surface area contributed by atoms with E-state index in [1.807, 2.05) is 31.2 Å². The van der Waals surface area contributed by atoms with Gasteiger partial charge in [-0.1, -0.05) is 27.9 Å². The normalized spacial score (nSPS) is 10.2. The number of benzene rings is 1. The number of nitrogens with one attached hydrogen (secondary N) is 2. The predicted octanol–water partition coefficient (Wildman–Crippen LogP) is 2.63. The molecule has 1 aromatic rings. The number of ether oxygens (including phenoxy) is 1. The first-order chi connectivity index (χ1) is 9.26. The first-order valence-corrected chi connectivity index (χ1v) is 6.89. The van der Waals surface area contributed by atoms with E-state index in [2.05, 4.69) is 37.5 Å². The number of guanidine groups is 1. The van der Waals surface area contributed by atoms with Gasteiger partial charge in [-0.3, -0.25) is 0 Å². The monoisotopic (exact) mass is 451 g/mol. The van der Waals surface area contributed by atoms with Crippen molar-refractivity contribution in [3.8, 4) is 18.1 Å². The fraction of sp³-hybridized carbons (Fsp3) is 0.357. The van der Waals surface area contributed by atoms with Gasteiger partial charge in [-0.25, -0.2) is 4.99 Å². The molecule has 6 heteroatoms. The van der Waals surface area contributed by atoms with Crippen LogP contribution in [0.1, 0.15) is 6.92 Å². The standard InChI is InChI=1S/C14H18BrN3O.HI/c1-3-8-17-14(16-4-2)18-9-10-19-13-7-5-6-12(15)11-13;/h1,5-7,11H,4,8-10H2,2H3,(H2,16,17,18);1H. The molecule has 0 unspecified atom stereocenters. The first-order valence-electron chi connectivity index (χ1n) is 6.10. The Morgan fingerprint density at radius 3 is 2.90 bits per heavy atom. The maximum absolute atomic E-state index is 5.59. The highest BCUT2D eigenvalue weighted by molar-refractivity contribution is 14.0. The van der Waals surface area contributed by atoms with Crippen molar-refractivity contribution < 1.29 is 4.74 Å². The SMILES string of the molecule is C#CCNC(=NCCOc1cccc(Br)c1)NCC.I. The van der Waals surface area contributed by atoms with Gasteiger partial charge in [0.05, 0.1) is 13.1 Å². The van der Waals surface area contributed by atoms with Crippen LogP contribution < -0.4 is 15.4 Å². The average Bonchev–Trinajstić information content (AvgIpc) is 2.41. The van der Waals surface area contributed by atoms with Crippen molar-refractivity contribution in [3.05, 3.63) is 28.7 Å². The largest absolute Gasteiger partial charge is 0.492 e. The number of nitrogens with zero attached hydrogens (tertiary/aromatic N) is 1. The van der Waals surface area contributed by atoms with Crippen molar-refractivity contribution in [2.75, 3.05) is 26.2 Å². The van der Waals surface area contributed by atoms with Crippen LogP contribution in [0, 0.1) is 12.3 Å². The highest BCUT2D eigenvalue weighted by Crippen LogP contribution is 2.17. The second kappa shape index (κ2) is 11.9. The van der Waals surface area contributed by atoms with Crippen LogP contribution >= 0.6 is 39.9 Å². The van der Waals surface area contributed by atoms with Gasteiger partial charge in [0.25, 0.3) is 0 Å². The summed E-state index contributed by atoms with van der Waals surface area (Å²) >= 11 is 3.40. The quantitative estimate of drug-likeness (QED) is 0.230. The van der Waals surface area contributed by atoms with Gasteiger partial charge in [-0.2, -0.15) is 0 Å². The van der Waals surface area contributed by atoms with E-state index in [1.165, 1.54) is 0 Å². The van der Waals surface area contributed by atoms with E-state index in [-0.39, 0.29) is 24.0 Å². The summed E-state index contributed by atoms with van der Waals surface area (Å²) in [6.07, 6.45) is 5.19. The Labute approximate surface area is 145 Å². The highest BCUT2D eigenvalue weighted by atomic mass is 127. The number of aliphatic imine (C=N–C) groups is 1. The molecule has 0 heterocycles. The molecule has 1 aromatic carbocycles. The summed E-state index contributed by atoms with van der Waals surface area (Å²) < 4.78 is 6.58. The van der Waals surface area contributed by atoms with E-state index in [0.29, 0.717) is 25.7 Å². The van der Waals surface area contributed by atoms with Gasteiger partial charge < -0.3 is 15.4 Å². The number of halogens is 2. The number of terminal acetylenes is 1. The Morgan fingerprint density at radius 2 is 2.25 bits per heavy atom. The van der Waals surface area contributed by atoms with Crippen LogP contribution in [0.15, 0.2) is 33.7 Å². The van der Waals surface area contributed by atoms with Crippen LogP contribution in [0.2, 0.25) is 0 Å². The van der Waals surface area contributed by atoms with Gasteiger partial charge in [0.1, 0.15) is 12.4 Å². The molecule has 0 amide bonds. The molecule has 0 aliphatic heterocycles. The van der Waals surface area contributed by atoms with Crippen LogP contribution in [0.25, 0.3) is 0 Å². The Bertz CT molecular complexity index is 460. The van der Waals surface area contributed by atoms with Crippen molar-refractivity contribution in [2.45, 2.75) is 6.92 Å². The maximum Gasteiger partial charge on any atom is 0.192 e. The van der Waals surface area contributed by atoms with E-state index < -0.39 is 0 Å². The molecule has 0 atom stereocenters. The lowest BCUT2D eigenvalue weighted by Crippen LogP contribution is -2.37. The minimum Gasteiger partial charge on any atom is -0.492 e. The lowest BCUT2D eigenvalue weighted by atomic mass is 10.3. The molecule has 20 heavy (non-hydrogen) atoms. The van der Waals surface area contributed by atoms with Gasteiger partial charge in [-0.15, -0.1) is 30.4 Å². The lowest BCUT2D eigenvalue weighted by molar-refractivity contribution is 0.328. The Kier molecular flexibility index (Phi) is 11.3. The van der Waals surface area contributed by atoms with Gasteiger partial charge >= 0.3 is 0 Å². The molecular formula is C14H19BrIN3O. The maximum atomic E-state index is 5.59. The minimum absolute atomic E-state index is 0. The lowest BCUT2D eigenvalue weighted by Gasteiger charge is -2.09. The fourth-order valence-corrected chi connectivity index (χ4v) is 1.73. The predicted molar refractivity (Wildman–Crippen MR) is 97.9 cm³/mol. The third-order valence-corrected chi connectivity index (χ3v) is 2.62. The van der Waals surface area contributed by atoms with Crippen LogP contribution in [0.4, 0.5) is 0 Å². The number of hydrogen-bond donors (Lipinski definition) is 2. The second-order valence-electron chi connectivity index (χ2n) is 3.62. The first kappa shape index (κ1) is 19.1. The summed E-state index contributed by atoms with van der Waals surface area (Å²) in [6.45, 7) is 4.34. The molecule has 0 spiro atoms. The summed E-state index contributed by atoms with van der Waals surface area (Å²) in [4.78, 5) is 4.35. The molecular weight excluding hydrogens is 433 g/mol. The fourth-order valence-electron chi connectivity index (χ4n) is 1.35. The van der Waals surface area contributed by atoms with E-state index in [9.17, 15) is 0 Å². The van der Waals surface area contributed by atoms with Crippen molar-refractivity contribution in [3.63, 3.8) is 0 Å². The van der Waals surface area contributed by atoms with E-state index in [4.69, 9.17) is 11.2 Å². The van der Waals surface area contributed by atoms with Crippen LogP contribution in [-0.2, 0) is 0 Å². The molecule has 0 saturated carbocycles. The zero-order valence-corrected chi connectivity index (χ0v) is 15.3. The molecule has 0 saturated heterocycles. The zero-order valence-electron chi connectivity index (χ0n) is 11.4. The summed E-state index contributed by atoms with van der Waals surface area (Å²) in [5, 5.41) is 6.12. The molecule has 0 fully saturated rings. The number of hydrogen-bond acceptors (Lipinski definition) is 2. The summed E-state index contributed by atoms with van der Waals surface area (Å²) in [6, 6.07) is 7.72. The Morgan fingerprint density at radius 1 is 1.45 bits per heavy atom. The average molecular weight is 452 g/mol. The van der Waals surface area contributed by atoms with Gasteiger partial charge in [0.15, 0.2) is 5.96 Å². The van der Waals surface area contributed by atoms with Gasteiger partial charge in [0.2, 0.25) is 0 Å². The third kappa shape index (κ3) is 8.27. The van der Waals surface area contributed by atoms with Crippen LogP contribution in [-0.4, -0.2) is 32.2 Å². The summed E-state index contributed by atoms with van der Waals surface area (Å²) in [5.74, 6) is 4.04. The third-order valence-electron chi connectivity index (χ3n) is 2.13. The topological polar surface area (TPSA) is 45.7 Å². The smallest absolute Gasteiger partial charge is 0.192 e. The van der Waals surface area contributed by atoms with Gasteiger partial charge in [0, 0.05) is 11.0 Å². The van der Waals surface area contributed by atoms with Crippen molar-refractivity contribution in [1.82, 2.24) is 10.6 Å². The van der Waals surface area contributed by atoms with Crippen LogP contribution in [0.5, 0.6) is 5.75 Å². The van der Waals surface area contributed by atoms with Crippen LogP contribution in [0.3, 0.4) is 0 Å².